The third kappa shape index (κ3) is 4.17. The molecule has 6 nitrogen and oxygen atoms in total. The van der Waals surface area contributed by atoms with Crippen molar-refractivity contribution in [2.75, 3.05) is 50.6 Å². The van der Waals surface area contributed by atoms with Gasteiger partial charge in [-0.3, -0.25) is 0 Å². The molecule has 26 heavy (non-hydrogen) atoms. The summed E-state index contributed by atoms with van der Waals surface area (Å²) in [5, 5.41) is 2.88. The van der Waals surface area contributed by atoms with Crippen LogP contribution in [0.3, 0.4) is 0 Å². The summed E-state index contributed by atoms with van der Waals surface area (Å²) in [6, 6.07) is 11.5. The van der Waals surface area contributed by atoms with E-state index in [4.69, 9.17) is 9.47 Å². The van der Waals surface area contributed by atoms with Crippen LogP contribution in [0.2, 0.25) is 0 Å². The van der Waals surface area contributed by atoms with Gasteiger partial charge in [0, 0.05) is 55.8 Å². The Morgan fingerprint density at radius 2 is 1.54 bits per heavy atom. The topological polar surface area (TPSA) is 54.0 Å². The Hall–Kier alpha value is -2.96. The second-order valence-corrected chi connectivity index (χ2v) is 5.98. The molecule has 138 valence electrons. The van der Waals surface area contributed by atoms with Crippen LogP contribution in [0.15, 0.2) is 42.5 Å². The van der Waals surface area contributed by atoms with Gasteiger partial charge in [0.15, 0.2) is 0 Å². The summed E-state index contributed by atoms with van der Waals surface area (Å²) < 4.78 is 23.5. The lowest BCUT2D eigenvalue weighted by molar-refractivity contribution is 0.208. The van der Waals surface area contributed by atoms with E-state index in [0.717, 1.165) is 5.69 Å². The van der Waals surface area contributed by atoms with Crippen LogP contribution >= 0.6 is 0 Å². The molecule has 1 fully saturated rings. The number of hydrogen-bond acceptors (Lipinski definition) is 4. The lowest BCUT2D eigenvalue weighted by Gasteiger charge is -2.36. The minimum absolute atomic E-state index is 0.168. The zero-order valence-corrected chi connectivity index (χ0v) is 14.9. The number of ether oxygens (including phenoxy) is 2. The van der Waals surface area contributed by atoms with E-state index in [0.29, 0.717) is 43.4 Å². The van der Waals surface area contributed by atoms with Gasteiger partial charge in [-0.15, -0.1) is 0 Å². The summed E-state index contributed by atoms with van der Waals surface area (Å²) in [5.41, 5.74) is 1.58. The van der Waals surface area contributed by atoms with Crippen LogP contribution < -0.4 is 19.7 Å². The number of hydrogen-bond donors (Lipinski definition) is 1. The molecule has 7 heteroatoms. The molecule has 0 aliphatic carbocycles. The smallest absolute Gasteiger partial charge is 0.321 e. The Labute approximate surface area is 152 Å². The molecule has 0 aromatic heterocycles. The summed E-state index contributed by atoms with van der Waals surface area (Å²) in [5.74, 6) is 0.974. The van der Waals surface area contributed by atoms with Crippen LogP contribution in [0.5, 0.6) is 11.5 Å². The molecule has 2 aromatic carbocycles. The number of nitrogens with zero attached hydrogens (tertiary/aromatic N) is 2. The molecule has 1 aliphatic rings. The van der Waals surface area contributed by atoms with Gasteiger partial charge < -0.3 is 24.6 Å². The average Bonchev–Trinajstić information content (AvgIpc) is 2.68. The number of halogens is 1. The molecule has 1 saturated heterocycles. The van der Waals surface area contributed by atoms with E-state index in [1.807, 2.05) is 0 Å². The molecule has 0 bridgehead atoms. The molecule has 0 atom stereocenters. The minimum Gasteiger partial charge on any atom is -0.497 e. The van der Waals surface area contributed by atoms with Gasteiger partial charge in [0.25, 0.3) is 0 Å². The Kier molecular flexibility index (Phi) is 5.46. The van der Waals surface area contributed by atoms with E-state index >= 15 is 0 Å². The Morgan fingerprint density at radius 1 is 0.962 bits per heavy atom. The van der Waals surface area contributed by atoms with Crippen molar-refractivity contribution in [1.82, 2.24) is 4.90 Å². The molecule has 0 radical (unpaired) electrons. The van der Waals surface area contributed by atoms with E-state index in [2.05, 4.69) is 10.2 Å². The van der Waals surface area contributed by atoms with Crippen molar-refractivity contribution in [3.8, 4) is 11.5 Å². The van der Waals surface area contributed by atoms with Gasteiger partial charge in [0.1, 0.15) is 17.3 Å². The molecular weight excluding hydrogens is 337 g/mol. The zero-order valence-electron chi connectivity index (χ0n) is 14.9. The number of carbonyl (C=O) groups is 1. The van der Waals surface area contributed by atoms with Gasteiger partial charge in [0.05, 0.1) is 14.2 Å². The van der Waals surface area contributed by atoms with Gasteiger partial charge in [-0.1, -0.05) is 0 Å². The average molecular weight is 359 g/mol. The van der Waals surface area contributed by atoms with E-state index in [1.54, 1.807) is 49.5 Å². The molecule has 0 saturated carbocycles. The Bertz CT molecular complexity index is 737. The summed E-state index contributed by atoms with van der Waals surface area (Å²) in [6.07, 6.45) is 0. The Balaban J connectivity index is 1.59. The number of benzene rings is 2. The van der Waals surface area contributed by atoms with Crippen LogP contribution in [0.4, 0.5) is 20.6 Å². The first kappa shape index (κ1) is 17.8. The standard InChI is InChI=1S/C19H22FN3O3/c1-25-17-11-15(12-18(13-17)26-2)21-19(24)23-9-7-22(8-10-23)16-5-3-14(20)4-6-16/h3-6,11-13H,7-10H2,1-2H3,(H,21,24). The maximum atomic E-state index is 13.0. The number of nitrogens with one attached hydrogen (secondary N) is 1. The second kappa shape index (κ2) is 7.95. The van der Waals surface area contributed by atoms with Gasteiger partial charge in [-0.05, 0) is 24.3 Å². The summed E-state index contributed by atoms with van der Waals surface area (Å²) in [6.45, 7) is 2.57. The molecular formula is C19H22FN3O3. The Morgan fingerprint density at radius 3 is 2.08 bits per heavy atom. The SMILES string of the molecule is COc1cc(NC(=O)N2CCN(c3ccc(F)cc3)CC2)cc(OC)c1. The largest absolute Gasteiger partial charge is 0.497 e. The monoisotopic (exact) mass is 359 g/mol. The fourth-order valence-corrected chi connectivity index (χ4v) is 2.90. The minimum atomic E-state index is -0.250. The highest BCUT2D eigenvalue weighted by molar-refractivity contribution is 5.90. The molecule has 1 aliphatic heterocycles. The first-order valence-corrected chi connectivity index (χ1v) is 8.38. The van der Waals surface area contributed by atoms with Gasteiger partial charge in [-0.2, -0.15) is 0 Å². The van der Waals surface area contributed by atoms with Crippen LogP contribution in [-0.4, -0.2) is 51.3 Å². The van der Waals surface area contributed by atoms with Crippen molar-refractivity contribution < 1.29 is 18.7 Å². The highest BCUT2D eigenvalue weighted by Crippen LogP contribution is 2.26. The van der Waals surface area contributed by atoms with Crippen molar-refractivity contribution in [1.29, 1.82) is 0 Å². The van der Waals surface area contributed by atoms with Crippen LogP contribution in [0.1, 0.15) is 0 Å². The number of carbonyl (C=O) groups excluding carboxylic acids is 1. The third-order valence-electron chi connectivity index (χ3n) is 4.36. The maximum absolute atomic E-state index is 13.0. The number of amides is 2. The molecule has 3 rings (SSSR count). The normalized spacial score (nSPS) is 14.1. The number of anilines is 2. The second-order valence-electron chi connectivity index (χ2n) is 5.98. The predicted molar refractivity (Wildman–Crippen MR) is 98.8 cm³/mol. The van der Waals surface area contributed by atoms with Gasteiger partial charge in [-0.25, -0.2) is 9.18 Å². The van der Waals surface area contributed by atoms with Gasteiger partial charge in [0.2, 0.25) is 0 Å². The highest BCUT2D eigenvalue weighted by atomic mass is 19.1. The molecule has 2 aromatic rings. The first-order chi connectivity index (χ1) is 12.6. The zero-order chi connectivity index (χ0) is 18.5. The highest BCUT2D eigenvalue weighted by Gasteiger charge is 2.21. The molecule has 0 spiro atoms. The van der Waals surface area contributed by atoms with Crippen molar-refractivity contribution in [3.63, 3.8) is 0 Å². The van der Waals surface area contributed by atoms with E-state index < -0.39 is 0 Å². The summed E-state index contributed by atoms with van der Waals surface area (Å²) in [7, 11) is 3.13. The first-order valence-electron chi connectivity index (χ1n) is 8.38. The molecule has 1 N–H and O–H groups in total. The fraction of sp³-hybridized carbons (Fsp3) is 0.316. The molecule has 2 amide bonds. The van der Waals surface area contributed by atoms with Crippen molar-refractivity contribution in [2.24, 2.45) is 0 Å². The third-order valence-corrected chi connectivity index (χ3v) is 4.36. The molecule has 0 unspecified atom stereocenters. The number of rotatable bonds is 4. The lowest BCUT2D eigenvalue weighted by atomic mass is 10.2. The van der Waals surface area contributed by atoms with Gasteiger partial charge >= 0.3 is 6.03 Å². The predicted octanol–water partition coefficient (Wildman–Crippen LogP) is 3.20. The van der Waals surface area contributed by atoms with Crippen molar-refractivity contribution in [3.05, 3.63) is 48.3 Å². The number of methoxy groups -OCH3 is 2. The van der Waals surface area contributed by atoms with Crippen LogP contribution in [0.25, 0.3) is 0 Å². The maximum Gasteiger partial charge on any atom is 0.321 e. The van der Waals surface area contributed by atoms with Crippen LogP contribution in [-0.2, 0) is 0 Å². The van der Waals surface area contributed by atoms with Crippen molar-refractivity contribution in [2.45, 2.75) is 0 Å². The van der Waals surface area contributed by atoms with E-state index in [-0.39, 0.29) is 11.8 Å². The number of urea groups is 1. The number of piperazine rings is 1. The quantitative estimate of drug-likeness (QED) is 0.911. The van der Waals surface area contributed by atoms with Crippen LogP contribution in [0, 0.1) is 5.82 Å². The van der Waals surface area contributed by atoms with E-state index in [9.17, 15) is 9.18 Å². The lowest BCUT2D eigenvalue weighted by Crippen LogP contribution is -2.50. The summed E-state index contributed by atoms with van der Waals surface area (Å²) >= 11 is 0. The molecule has 1 heterocycles. The van der Waals surface area contributed by atoms with E-state index in [1.165, 1.54) is 12.1 Å². The fourth-order valence-electron chi connectivity index (χ4n) is 2.90. The summed E-state index contributed by atoms with van der Waals surface area (Å²) in [4.78, 5) is 16.4. The van der Waals surface area contributed by atoms with Crippen molar-refractivity contribution >= 4 is 17.4 Å².